The number of rotatable bonds is 4. The third-order valence-corrected chi connectivity index (χ3v) is 4.68. The highest BCUT2D eigenvalue weighted by atomic mass is 35.5. The van der Waals surface area contributed by atoms with Crippen LogP contribution in [0, 0.1) is 5.92 Å². The van der Waals surface area contributed by atoms with Crippen molar-refractivity contribution in [2.75, 3.05) is 11.9 Å². The quantitative estimate of drug-likeness (QED) is 0.763. The highest BCUT2D eigenvalue weighted by molar-refractivity contribution is 6.30. The van der Waals surface area contributed by atoms with Crippen molar-refractivity contribution in [3.8, 4) is 5.75 Å². The Bertz CT molecular complexity index is 924. The Balaban J connectivity index is 1.45. The van der Waals surface area contributed by atoms with E-state index in [-0.39, 0.29) is 11.8 Å². The first kappa shape index (κ1) is 16.7. The molecule has 26 heavy (non-hydrogen) atoms. The number of ether oxygens (including phenoxy) is 1. The summed E-state index contributed by atoms with van der Waals surface area (Å²) >= 11 is 6.05. The number of anilines is 1. The first-order valence-corrected chi connectivity index (χ1v) is 8.84. The number of benzene rings is 2. The van der Waals surface area contributed by atoms with Gasteiger partial charge in [-0.15, -0.1) is 0 Å². The Labute approximate surface area is 156 Å². The summed E-state index contributed by atoms with van der Waals surface area (Å²) in [5, 5.41) is 7.93. The second-order valence-electron chi connectivity index (χ2n) is 6.31. The van der Waals surface area contributed by atoms with Gasteiger partial charge in [0.25, 0.3) is 0 Å². The predicted octanol–water partition coefficient (Wildman–Crippen LogP) is 3.77. The van der Waals surface area contributed by atoms with Gasteiger partial charge < -0.3 is 10.1 Å². The maximum atomic E-state index is 12.7. The lowest BCUT2D eigenvalue weighted by Gasteiger charge is -2.24. The van der Waals surface area contributed by atoms with Crippen LogP contribution in [0.25, 0.3) is 0 Å². The van der Waals surface area contributed by atoms with Gasteiger partial charge in [0, 0.05) is 11.1 Å². The van der Waals surface area contributed by atoms with Crippen LogP contribution in [0.5, 0.6) is 5.75 Å². The summed E-state index contributed by atoms with van der Waals surface area (Å²) in [5.41, 5.74) is 2.08. The standard InChI is InChI=1S/C20H18ClN3O2/c21-17-6-7-18-15(11-17)10-16(13-26-18)20(25)23-19-8-9-22-24(19)12-14-4-2-1-3-5-14/h1-9,11,16H,10,12-13H2,(H,23,25). The molecule has 132 valence electrons. The number of fused-ring (bicyclic) bond motifs is 1. The van der Waals surface area contributed by atoms with Gasteiger partial charge in [-0.05, 0) is 35.7 Å². The summed E-state index contributed by atoms with van der Waals surface area (Å²) in [6, 6.07) is 17.3. The van der Waals surface area contributed by atoms with E-state index in [1.54, 1.807) is 23.0 Å². The molecule has 4 rings (SSSR count). The average Bonchev–Trinajstić information content (AvgIpc) is 3.08. The van der Waals surface area contributed by atoms with E-state index >= 15 is 0 Å². The molecule has 1 aliphatic rings. The highest BCUT2D eigenvalue weighted by Gasteiger charge is 2.26. The first-order chi connectivity index (χ1) is 12.7. The van der Waals surface area contributed by atoms with Gasteiger partial charge in [0.15, 0.2) is 0 Å². The minimum absolute atomic E-state index is 0.0783. The van der Waals surface area contributed by atoms with Crippen molar-refractivity contribution < 1.29 is 9.53 Å². The van der Waals surface area contributed by atoms with E-state index in [0.29, 0.717) is 30.4 Å². The van der Waals surface area contributed by atoms with Crippen LogP contribution in [0.4, 0.5) is 5.82 Å². The summed E-state index contributed by atoms with van der Waals surface area (Å²) in [6.45, 7) is 0.955. The van der Waals surface area contributed by atoms with Crippen molar-refractivity contribution in [1.82, 2.24) is 9.78 Å². The molecule has 1 amide bonds. The van der Waals surface area contributed by atoms with E-state index in [1.165, 1.54) is 0 Å². The Kier molecular flexibility index (Phi) is 4.63. The number of aromatic nitrogens is 2. The van der Waals surface area contributed by atoms with Gasteiger partial charge in [-0.25, -0.2) is 4.68 Å². The topological polar surface area (TPSA) is 56.2 Å². The monoisotopic (exact) mass is 367 g/mol. The molecular formula is C20H18ClN3O2. The van der Waals surface area contributed by atoms with Crippen LogP contribution < -0.4 is 10.1 Å². The average molecular weight is 368 g/mol. The van der Waals surface area contributed by atoms with Gasteiger partial charge in [-0.1, -0.05) is 41.9 Å². The molecule has 2 heterocycles. The lowest BCUT2D eigenvalue weighted by atomic mass is 9.96. The molecule has 1 aliphatic heterocycles. The molecule has 1 unspecified atom stereocenters. The van der Waals surface area contributed by atoms with Crippen LogP contribution in [0.2, 0.25) is 5.02 Å². The molecule has 1 N–H and O–H groups in total. The number of nitrogens with one attached hydrogen (secondary N) is 1. The van der Waals surface area contributed by atoms with Crippen molar-refractivity contribution >= 4 is 23.3 Å². The third-order valence-electron chi connectivity index (χ3n) is 4.44. The van der Waals surface area contributed by atoms with Crippen molar-refractivity contribution in [2.24, 2.45) is 5.92 Å². The highest BCUT2D eigenvalue weighted by Crippen LogP contribution is 2.30. The number of amides is 1. The molecule has 5 nitrogen and oxygen atoms in total. The number of nitrogens with zero attached hydrogens (tertiary/aromatic N) is 2. The molecule has 6 heteroatoms. The molecule has 0 radical (unpaired) electrons. The maximum absolute atomic E-state index is 12.7. The van der Waals surface area contributed by atoms with Gasteiger partial charge >= 0.3 is 0 Å². The number of hydrogen-bond donors (Lipinski definition) is 1. The summed E-state index contributed by atoms with van der Waals surface area (Å²) in [6.07, 6.45) is 2.29. The zero-order valence-electron chi connectivity index (χ0n) is 14.1. The summed E-state index contributed by atoms with van der Waals surface area (Å²) in [5.74, 6) is 1.13. The molecular weight excluding hydrogens is 350 g/mol. The normalized spacial score (nSPS) is 15.8. The molecule has 2 aromatic carbocycles. The van der Waals surface area contributed by atoms with E-state index in [9.17, 15) is 4.79 Å². The first-order valence-electron chi connectivity index (χ1n) is 8.47. The minimum atomic E-state index is -0.263. The van der Waals surface area contributed by atoms with E-state index in [2.05, 4.69) is 10.4 Å². The van der Waals surface area contributed by atoms with Gasteiger partial charge in [0.2, 0.25) is 5.91 Å². The molecule has 1 aromatic heterocycles. The Morgan fingerprint density at radius 2 is 2.08 bits per heavy atom. The largest absolute Gasteiger partial charge is 0.492 e. The lowest BCUT2D eigenvalue weighted by Crippen LogP contribution is -2.33. The molecule has 3 aromatic rings. The fourth-order valence-corrected chi connectivity index (χ4v) is 3.28. The smallest absolute Gasteiger partial charge is 0.232 e. The van der Waals surface area contributed by atoms with Gasteiger partial charge in [-0.2, -0.15) is 5.10 Å². The molecule has 1 atom stereocenters. The zero-order chi connectivity index (χ0) is 17.9. The minimum Gasteiger partial charge on any atom is -0.492 e. The molecule has 0 fully saturated rings. The number of hydrogen-bond acceptors (Lipinski definition) is 3. The summed E-state index contributed by atoms with van der Waals surface area (Å²) in [7, 11) is 0. The van der Waals surface area contributed by atoms with E-state index < -0.39 is 0 Å². The van der Waals surface area contributed by atoms with Crippen molar-refractivity contribution in [2.45, 2.75) is 13.0 Å². The summed E-state index contributed by atoms with van der Waals surface area (Å²) in [4.78, 5) is 12.7. The maximum Gasteiger partial charge on any atom is 0.232 e. The number of carbonyl (C=O) groups excluding carboxylic acids is 1. The van der Waals surface area contributed by atoms with Crippen molar-refractivity contribution in [3.63, 3.8) is 0 Å². The van der Waals surface area contributed by atoms with Crippen LogP contribution in [-0.2, 0) is 17.8 Å². The van der Waals surface area contributed by atoms with Crippen LogP contribution in [0.15, 0.2) is 60.8 Å². The fraction of sp³-hybridized carbons (Fsp3) is 0.200. The fourth-order valence-electron chi connectivity index (χ4n) is 3.08. The van der Waals surface area contributed by atoms with E-state index in [4.69, 9.17) is 16.3 Å². The SMILES string of the molecule is O=C(Nc1ccnn1Cc1ccccc1)C1COc2ccc(Cl)cc2C1. The van der Waals surface area contributed by atoms with Crippen molar-refractivity contribution in [3.05, 3.63) is 76.9 Å². The molecule has 0 bridgehead atoms. The second kappa shape index (κ2) is 7.22. The Morgan fingerprint density at radius 3 is 2.92 bits per heavy atom. The zero-order valence-corrected chi connectivity index (χ0v) is 14.8. The van der Waals surface area contributed by atoms with Gasteiger partial charge in [-0.3, -0.25) is 4.79 Å². The molecule has 0 aliphatic carbocycles. The number of carbonyl (C=O) groups is 1. The van der Waals surface area contributed by atoms with Crippen LogP contribution in [0.1, 0.15) is 11.1 Å². The molecule has 0 spiro atoms. The van der Waals surface area contributed by atoms with Crippen molar-refractivity contribution in [1.29, 1.82) is 0 Å². The second-order valence-corrected chi connectivity index (χ2v) is 6.75. The van der Waals surface area contributed by atoms with Gasteiger partial charge in [0.1, 0.15) is 18.2 Å². The van der Waals surface area contributed by atoms with Crippen LogP contribution in [0.3, 0.4) is 0 Å². The molecule has 0 saturated carbocycles. The van der Waals surface area contributed by atoms with E-state index in [0.717, 1.165) is 16.9 Å². The lowest BCUT2D eigenvalue weighted by molar-refractivity contribution is -0.121. The van der Waals surface area contributed by atoms with E-state index in [1.807, 2.05) is 42.5 Å². The Hall–Kier alpha value is -2.79. The molecule has 0 saturated heterocycles. The number of halogens is 1. The Morgan fingerprint density at radius 1 is 1.23 bits per heavy atom. The third kappa shape index (κ3) is 3.58. The summed E-state index contributed by atoms with van der Waals surface area (Å²) < 4.78 is 7.49. The predicted molar refractivity (Wildman–Crippen MR) is 101 cm³/mol. The van der Waals surface area contributed by atoms with Gasteiger partial charge in [0.05, 0.1) is 18.7 Å². The van der Waals surface area contributed by atoms with Crippen LogP contribution in [-0.4, -0.2) is 22.3 Å². The van der Waals surface area contributed by atoms with Crippen LogP contribution >= 0.6 is 11.6 Å².